The number of fused-ring (bicyclic) bond motifs is 9. The van der Waals surface area contributed by atoms with E-state index >= 15 is 0 Å². The number of benzene rings is 8. The molecule has 0 aliphatic rings. The molecule has 0 saturated heterocycles. The van der Waals surface area contributed by atoms with Gasteiger partial charge in [-0.15, -0.1) is 0 Å². The molecule has 1 aromatic heterocycles. The van der Waals surface area contributed by atoms with Gasteiger partial charge in [-0.1, -0.05) is 127 Å². The summed E-state index contributed by atoms with van der Waals surface area (Å²) in [5.41, 5.74) is -3.83. The second kappa shape index (κ2) is 8.55. The van der Waals surface area contributed by atoms with Crippen molar-refractivity contribution < 1.29 is 37.3 Å². The van der Waals surface area contributed by atoms with Crippen LogP contribution in [-0.4, -0.2) is 0 Å². The Kier molecular flexibility index (Phi) is 1.94. The molecule has 1 heteroatoms. The zero-order valence-corrected chi connectivity index (χ0v) is 20.4. The van der Waals surface area contributed by atoms with Crippen molar-refractivity contribution >= 4 is 65.0 Å². The maximum atomic E-state index is 9.85. The van der Waals surface area contributed by atoms with Gasteiger partial charge in [-0.3, -0.25) is 0 Å². The minimum absolute atomic E-state index is 0.512. The van der Waals surface area contributed by atoms with Crippen LogP contribution in [0.1, 0.15) is 32.9 Å². The SMILES string of the molecule is [2H]c1c([2H])c([2H])c(-c2c([2H])c3c(oc4c([2H])c([2H])c([2H])c(-c5c6c([2H])c([2H])c([2H])c([2H])c6c([2H])c6c5c([2H])c([2H])c5c([2H])c([2H])c([2H])c([2H])c56)c43)c3c([2H])c([2H])c([2H])c([2H])c23)c([2H])c1[2H]. The van der Waals surface area contributed by atoms with Crippen LogP contribution in [0.5, 0.6) is 0 Å². The Labute approximate surface area is 270 Å². The minimum Gasteiger partial charge on any atom is -0.455 e. The summed E-state index contributed by atoms with van der Waals surface area (Å²) >= 11 is 0. The first-order chi connectivity index (χ1) is 30.3. The third kappa shape index (κ3) is 3.24. The highest BCUT2D eigenvalue weighted by atomic mass is 16.3. The smallest absolute Gasteiger partial charge is 0.143 e. The van der Waals surface area contributed by atoms with Crippen molar-refractivity contribution in [3.8, 4) is 22.3 Å². The normalized spacial score (nSPS) is 20.1. The van der Waals surface area contributed by atoms with Crippen molar-refractivity contribution in [2.45, 2.75) is 0 Å². The Hall–Kier alpha value is -5.40. The van der Waals surface area contributed by atoms with Gasteiger partial charge < -0.3 is 4.42 Å². The first kappa shape index (κ1) is 9.33. The van der Waals surface area contributed by atoms with E-state index in [4.69, 9.17) is 30.5 Å². The Morgan fingerprint density at radius 3 is 1.98 bits per heavy atom. The molecule has 0 amide bonds. The van der Waals surface area contributed by atoms with E-state index in [1.54, 1.807) is 0 Å². The summed E-state index contributed by atoms with van der Waals surface area (Å²) in [4.78, 5) is 0. The summed E-state index contributed by atoms with van der Waals surface area (Å²) in [6.07, 6.45) is 0. The lowest BCUT2D eigenvalue weighted by Gasteiger charge is -2.15. The average molecular weight is 545 g/mol. The largest absolute Gasteiger partial charge is 0.455 e. The van der Waals surface area contributed by atoms with E-state index in [2.05, 4.69) is 0 Å². The van der Waals surface area contributed by atoms with Gasteiger partial charge in [0, 0.05) is 16.2 Å². The molecule has 0 bridgehead atoms. The van der Waals surface area contributed by atoms with Crippen molar-refractivity contribution in [3.05, 3.63) is 145 Å². The maximum absolute atomic E-state index is 9.85. The molecule has 9 aromatic rings. The van der Waals surface area contributed by atoms with E-state index in [9.17, 15) is 6.85 Å². The number of rotatable bonds is 2. The second-order valence-electron chi connectivity index (χ2n) is 9.01. The predicted molar refractivity (Wildman–Crippen MR) is 175 cm³/mol. The molecule has 0 N–H and O–H groups in total. The molecule has 0 spiro atoms. The van der Waals surface area contributed by atoms with Gasteiger partial charge in [0.25, 0.3) is 0 Å². The minimum atomic E-state index is -0.933. The van der Waals surface area contributed by atoms with E-state index in [-0.39, 0.29) is 0 Å². The van der Waals surface area contributed by atoms with Crippen LogP contribution in [0.3, 0.4) is 0 Å². The lowest BCUT2D eigenvalue weighted by Crippen LogP contribution is -1.88. The number of furan rings is 1. The lowest BCUT2D eigenvalue weighted by molar-refractivity contribution is 0.673. The summed E-state index contributed by atoms with van der Waals surface area (Å²) in [5, 5.41) is -5.52. The highest BCUT2D eigenvalue weighted by Gasteiger charge is 2.20. The fourth-order valence-electron chi connectivity index (χ4n) is 5.19. The average Bonchev–Trinajstić information content (AvgIpc) is 3.67. The Morgan fingerprint density at radius 2 is 1.12 bits per heavy atom. The molecular formula is C40H24O. The van der Waals surface area contributed by atoms with E-state index in [1.807, 2.05) is 0 Å². The molecule has 41 heavy (non-hydrogen) atoms. The van der Waals surface area contributed by atoms with E-state index in [1.165, 1.54) is 0 Å². The summed E-state index contributed by atoms with van der Waals surface area (Å²) < 4.78 is 220. The molecule has 0 aliphatic heterocycles. The van der Waals surface area contributed by atoms with Gasteiger partial charge >= 0.3 is 0 Å². The number of hydrogen-bond acceptors (Lipinski definition) is 1. The quantitative estimate of drug-likeness (QED) is 0.156. The zero-order valence-electron chi connectivity index (χ0n) is 44.4. The summed E-state index contributed by atoms with van der Waals surface area (Å²) in [5.74, 6) is 0. The van der Waals surface area contributed by atoms with E-state index in [0.717, 1.165) is 0 Å². The van der Waals surface area contributed by atoms with E-state index in [0.29, 0.717) is 0 Å². The monoisotopic (exact) mass is 544 g/mol. The summed E-state index contributed by atoms with van der Waals surface area (Å²) in [7, 11) is 0. The van der Waals surface area contributed by atoms with Crippen LogP contribution < -0.4 is 0 Å². The molecule has 0 aliphatic carbocycles. The van der Waals surface area contributed by atoms with Gasteiger partial charge in [-0.2, -0.15) is 0 Å². The van der Waals surface area contributed by atoms with Crippen molar-refractivity contribution in [1.29, 1.82) is 0 Å². The van der Waals surface area contributed by atoms with Gasteiger partial charge in [0.15, 0.2) is 0 Å². The molecular weight excluding hydrogens is 496 g/mol. The first-order valence-corrected chi connectivity index (χ1v) is 12.2. The number of hydrogen-bond donors (Lipinski definition) is 0. The van der Waals surface area contributed by atoms with Crippen LogP contribution in [0, 0.1) is 0 Å². The van der Waals surface area contributed by atoms with Crippen LogP contribution in [0.25, 0.3) is 87.3 Å². The molecule has 1 nitrogen and oxygen atoms in total. The van der Waals surface area contributed by atoms with Crippen molar-refractivity contribution in [3.63, 3.8) is 0 Å². The zero-order chi connectivity index (χ0) is 47.8. The Balaban J connectivity index is 1.71. The molecule has 9 rings (SSSR count). The fourth-order valence-corrected chi connectivity index (χ4v) is 5.19. The lowest BCUT2D eigenvalue weighted by atomic mass is 9.87. The highest BCUT2D eigenvalue weighted by Crippen LogP contribution is 2.46. The molecule has 8 aromatic carbocycles. The summed E-state index contributed by atoms with van der Waals surface area (Å²) in [6.45, 7) is 0. The predicted octanol–water partition coefficient (Wildman–Crippen LogP) is 11.5. The molecule has 1 heterocycles. The van der Waals surface area contributed by atoms with Gasteiger partial charge in [0.2, 0.25) is 0 Å². The molecule has 0 unspecified atom stereocenters. The van der Waals surface area contributed by atoms with Gasteiger partial charge in [0.1, 0.15) is 11.2 Å². The van der Waals surface area contributed by atoms with Gasteiger partial charge in [-0.25, -0.2) is 0 Å². The Morgan fingerprint density at radius 1 is 0.415 bits per heavy atom. The summed E-state index contributed by atoms with van der Waals surface area (Å²) in [6, 6.07) is -20.4. The maximum Gasteiger partial charge on any atom is 0.143 e. The standard InChI is InChI=1S/C40H24O/c1-2-11-25(12-3-1)34-24-36-39-33(19-10-20-37(39)41-40(36)32-18-9-8-17-30(32)34)38-29-16-7-5-14-27(29)23-35-28-15-6-4-13-26(28)21-22-31(35)38/h1-24H/i1D,2D,3D,4D,5D,6D,7D,8D,9D,10D,11D,12D,13D,14D,15D,16D,17D,18D,19D,20D,21D,22D,23D,24D. The van der Waals surface area contributed by atoms with Crippen molar-refractivity contribution in [2.75, 3.05) is 0 Å². The highest BCUT2D eigenvalue weighted by molar-refractivity contribution is 6.27. The molecule has 0 atom stereocenters. The third-order valence-corrected chi connectivity index (χ3v) is 6.87. The van der Waals surface area contributed by atoms with Crippen LogP contribution in [0.2, 0.25) is 0 Å². The van der Waals surface area contributed by atoms with Gasteiger partial charge in [0.05, 0.1) is 32.9 Å². The Bertz CT molecular complexity index is 3790. The van der Waals surface area contributed by atoms with Crippen molar-refractivity contribution in [2.24, 2.45) is 0 Å². The van der Waals surface area contributed by atoms with Crippen molar-refractivity contribution in [1.82, 2.24) is 0 Å². The van der Waals surface area contributed by atoms with E-state index < -0.39 is 232 Å². The molecule has 0 saturated carbocycles. The van der Waals surface area contributed by atoms with Crippen LogP contribution in [-0.2, 0) is 0 Å². The van der Waals surface area contributed by atoms with Gasteiger partial charge in [-0.05, 0) is 78.1 Å². The fraction of sp³-hybridized carbons (Fsp3) is 0. The molecule has 0 radical (unpaired) electrons. The molecule has 190 valence electrons. The van der Waals surface area contributed by atoms with Crippen LogP contribution in [0.15, 0.2) is 149 Å². The van der Waals surface area contributed by atoms with Crippen LogP contribution in [0.4, 0.5) is 0 Å². The first-order valence-electron chi connectivity index (χ1n) is 24.2. The second-order valence-corrected chi connectivity index (χ2v) is 9.01. The molecule has 0 fully saturated rings. The topological polar surface area (TPSA) is 13.1 Å². The third-order valence-electron chi connectivity index (χ3n) is 6.87. The van der Waals surface area contributed by atoms with Crippen LogP contribution >= 0.6 is 0 Å².